The number of nitrogens with zero attached hydrogens (tertiary/aromatic N) is 27. The van der Waals surface area contributed by atoms with E-state index in [0.29, 0.717) is 0 Å². The van der Waals surface area contributed by atoms with Crippen molar-refractivity contribution >= 4 is 53.7 Å². The fourth-order valence-corrected chi connectivity index (χ4v) is 1.71. The summed E-state index contributed by atoms with van der Waals surface area (Å²) in [5, 5.41) is 98.7. The number of hydrogen-bond acceptors (Lipinski definition) is 18. The molecule has 0 aromatic rings. The first-order valence-corrected chi connectivity index (χ1v) is 18.0. The Labute approximate surface area is 399 Å². The smallest absolute Gasteiger partial charge is 0.303 e. The molecule has 0 aliphatic carbocycles. The van der Waals surface area contributed by atoms with Gasteiger partial charge in [-0.15, -0.1) is 0 Å². The number of aliphatic carboxylic acids is 9. The molecule has 0 aliphatic rings. The van der Waals surface area contributed by atoms with Crippen LogP contribution in [0.4, 0.5) is 0 Å². The monoisotopic (exact) mass is 1040 g/mol. The van der Waals surface area contributed by atoms with Gasteiger partial charge < -0.3 is 46.0 Å². The van der Waals surface area contributed by atoms with Crippen molar-refractivity contribution in [2.24, 2.45) is 46.0 Å². The fraction of sp³-hybridized carbons (Fsp3) is 0.667. The second-order valence-electron chi connectivity index (χ2n) is 9.88. The summed E-state index contributed by atoms with van der Waals surface area (Å²) in [5.41, 5.74) is 68.8. The number of hydrogen-bond donors (Lipinski definition) is 9. The average molecular weight is 1040 g/mol. The summed E-state index contributed by atoms with van der Waals surface area (Å²) in [7, 11) is 0. The highest BCUT2D eigenvalue weighted by atomic mass is 16.4. The third-order valence-electron chi connectivity index (χ3n) is 4.40. The summed E-state index contributed by atoms with van der Waals surface area (Å²) in [5.74, 6) is -8.52. The minimum absolute atomic E-state index is 0.0336. The molecule has 0 aromatic heterocycles. The summed E-state index contributed by atoms with van der Waals surface area (Å²) in [6, 6.07) is 0. The van der Waals surface area contributed by atoms with Crippen LogP contribution in [-0.4, -0.2) is 159 Å². The van der Waals surface area contributed by atoms with E-state index in [0.717, 1.165) is 0 Å². The zero-order chi connectivity index (χ0) is 57.7. The lowest BCUT2D eigenvalue weighted by atomic mass is 10.4. The normalized spacial score (nSPS) is 7.50. The maximum absolute atomic E-state index is 9.69. The Morgan fingerprint density at radius 1 is 0.208 bits per heavy atom. The fourth-order valence-electron chi connectivity index (χ4n) is 1.71. The molecular formula is C27H45N27O18. The summed E-state index contributed by atoms with van der Waals surface area (Å²) < 4.78 is 0. The van der Waals surface area contributed by atoms with Crippen LogP contribution in [0.25, 0.3) is 94.0 Å². The molecule has 0 amide bonds. The number of carbonyl (C=O) groups is 9. The maximum Gasteiger partial charge on any atom is 0.303 e. The van der Waals surface area contributed by atoms with E-state index in [2.05, 4.69) is 90.2 Å². The van der Waals surface area contributed by atoms with Crippen LogP contribution >= 0.6 is 0 Å². The molecule has 0 bridgehead atoms. The second-order valence-corrected chi connectivity index (χ2v) is 9.88. The van der Waals surface area contributed by atoms with E-state index in [9.17, 15) is 43.2 Å². The molecule has 0 saturated carbocycles. The van der Waals surface area contributed by atoms with Gasteiger partial charge in [-0.3, -0.25) is 43.2 Å². The van der Waals surface area contributed by atoms with Crippen molar-refractivity contribution in [1.82, 2.24) is 0 Å². The van der Waals surface area contributed by atoms with E-state index < -0.39 is 53.7 Å². The van der Waals surface area contributed by atoms with E-state index in [4.69, 9.17) is 95.7 Å². The SMILES string of the molecule is [N-]=[N+]=NCCC(=O)O.[N-]=[N+]=NCCC(=O)O.[N-]=[N+]=NCCC(=O)O.[N-]=[N+]=NCCC(=O)O.[N-]=[N+]=NCCC(=O)O.[N-]=[N+]=NCCC(=O)O.[N-]=[N+]=NCCC(=O)O.[N-]=[N+]=NCCC(=O)O.[N-]=[N+]=NCCC(=O)O. The number of rotatable bonds is 27. The first kappa shape index (κ1) is 81.2. The van der Waals surface area contributed by atoms with Gasteiger partial charge in [0, 0.05) is 103 Å². The third-order valence-corrected chi connectivity index (χ3v) is 4.40. The zero-order valence-corrected chi connectivity index (χ0v) is 37.0. The Morgan fingerprint density at radius 3 is 0.319 bits per heavy atom. The molecule has 72 heavy (non-hydrogen) atoms. The van der Waals surface area contributed by atoms with Gasteiger partial charge in [-0.1, -0.05) is 46.0 Å². The Bertz CT molecular complexity index is 1580. The van der Waals surface area contributed by atoms with Gasteiger partial charge >= 0.3 is 53.7 Å². The highest BCUT2D eigenvalue weighted by Gasteiger charge is 1.95. The minimum Gasteiger partial charge on any atom is -0.481 e. The topological polar surface area (TPSA) is 775 Å². The largest absolute Gasteiger partial charge is 0.481 e. The van der Waals surface area contributed by atoms with Crippen molar-refractivity contribution in [3.05, 3.63) is 94.0 Å². The van der Waals surface area contributed by atoms with Crippen LogP contribution < -0.4 is 0 Å². The number of carboxylic acids is 9. The van der Waals surface area contributed by atoms with Crippen molar-refractivity contribution < 1.29 is 89.1 Å². The van der Waals surface area contributed by atoms with Crippen LogP contribution in [0.3, 0.4) is 0 Å². The van der Waals surface area contributed by atoms with Crippen molar-refractivity contribution in [2.45, 2.75) is 57.8 Å². The lowest BCUT2D eigenvalue weighted by molar-refractivity contribution is -0.137. The molecule has 396 valence electrons. The Hall–Kier alpha value is -11.0. The van der Waals surface area contributed by atoms with Gasteiger partial charge in [0.25, 0.3) is 0 Å². The van der Waals surface area contributed by atoms with Crippen molar-refractivity contribution in [2.75, 3.05) is 58.9 Å². The van der Waals surface area contributed by atoms with Gasteiger partial charge in [-0.25, -0.2) is 0 Å². The highest BCUT2D eigenvalue weighted by Crippen LogP contribution is 1.84. The van der Waals surface area contributed by atoms with Gasteiger partial charge in [-0.2, -0.15) is 0 Å². The molecule has 0 spiro atoms. The molecule has 9 N–H and O–H groups in total. The molecule has 0 saturated heterocycles. The van der Waals surface area contributed by atoms with Crippen LogP contribution in [0.2, 0.25) is 0 Å². The molecule has 0 aromatic carbocycles. The van der Waals surface area contributed by atoms with Crippen molar-refractivity contribution in [3.8, 4) is 0 Å². The molecule has 0 fully saturated rings. The van der Waals surface area contributed by atoms with Gasteiger partial charge in [0.2, 0.25) is 0 Å². The Morgan fingerprint density at radius 2 is 0.278 bits per heavy atom. The molecule has 45 heteroatoms. The summed E-state index contributed by atoms with van der Waals surface area (Å²) >= 11 is 0. The highest BCUT2D eigenvalue weighted by molar-refractivity contribution is 5.69. The van der Waals surface area contributed by atoms with Gasteiger partial charge in [0.1, 0.15) is 0 Å². The Balaban J connectivity index is -0.0000000886. The van der Waals surface area contributed by atoms with Gasteiger partial charge in [0.05, 0.1) is 57.8 Å². The lowest BCUT2D eigenvalue weighted by Gasteiger charge is -1.81. The minimum atomic E-state index is -0.947. The quantitative estimate of drug-likeness (QED) is 0.0228. The van der Waals surface area contributed by atoms with Crippen molar-refractivity contribution in [1.29, 1.82) is 0 Å². The molecule has 0 aliphatic heterocycles. The van der Waals surface area contributed by atoms with Gasteiger partial charge in [0.15, 0.2) is 0 Å². The summed E-state index contributed by atoms with van der Waals surface area (Å²) in [6.45, 7) is 0.302. The standard InChI is InChI=1S/9C3H5N3O2/c9*4-6-5-2-1-3(7)8/h9*1-2H2,(H,7,8). The van der Waals surface area contributed by atoms with Crippen LogP contribution in [0, 0.1) is 0 Å². The first-order valence-electron chi connectivity index (χ1n) is 18.0. The van der Waals surface area contributed by atoms with E-state index >= 15 is 0 Å². The average Bonchev–Trinajstić information content (AvgIpc) is 3.28. The van der Waals surface area contributed by atoms with E-state index in [1.165, 1.54) is 0 Å². The van der Waals surface area contributed by atoms with E-state index in [-0.39, 0.29) is 117 Å². The van der Waals surface area contributed by atoms with Crippen LogP contribution in [-0.2, 0) is 43.2 Å². The molecule has 0 atom stereocenters. The van der Waals surface area contributed by atoms with E-state index in [1.807, 2.05) is 0 Å². The predicted octanol–water partition coefficient (Wildman–Crippen LogP) is 6.94. The maximum atomic E-state index is 9.69. The number of azide groups is 9. The molecule has 0 radical (unpaired) electrons. The van der Waals surface area contributed by atoms with Crippen LogP contribution in [0.1, 0.15) is 57.8 Å². The molecule has 0 heterocycles. The zero-order valence-electron chi connectivity index (χ0n) is 37.0. The van der Waals surface area contributed by atoms with E-state index in [1.54, 1.807) is 0 Å². The molecule has 0 rings (SSSR count). The molecular weight excluding hydrogens is 990 g/mol. The van der Waals surface area contributed by atoms with Crippen molar-refractivity contribution in [3.63, 3.8) is 0 Å². The second kappa shape index (κ2) is 77.3. The molecule has 0 unspecified atom stereocenters. The van der Waals surface area contributed by atoms with Crippen LogP contribution in [0.15, 0.2) is 46.0 Å². The van der Waals surface area contributed by atoms with Gasteiger partial charge in [-0.05, 0) is 49.8 Å². The molecule has 45 nitrogen and oxygen atoms in total. The third kappa shape index (κ3) is 172. The van der Waals surface area contributed by atoms with Crippen LogP contribution in [0.5, 0.6) is 0 Å². The number of carboxylic acid groups (broad SMARTS) is 9. The summed E-state index contributed by atoms with van der Waals surface area (Å²) in [4.78, 5) is 109. The first-order chi connectivity index (χ1) is 33.9. The Kier molecular flexibility index (Phi) is 87.2. The predicted molar refractivity (Wildman–Crippen MR) is 236 cm³/mol. The summed E-state index contributed by atoms with van der Waals surface area (Å²) in [6.07, 6.45) is -0.839. The lowest BCUT2D eigenvalue weighted by Crippen LogP contribution is -1.95.